The second-order valence-corrected chi connectivity index (χ2v) is 7.53. The zero-order valence-electron chi connectivity index (χ0n) is 17.9. The first-order valence-electron chi connectivity index (χ1n) is 10.5. The van der Waals surface area contributed by atoms with Crippen molar-refractivity contribution >= 4 is 28.9 Å². The minimum absolute atomic E-state index is 0.186. The molecule has 0 bridgehead atoms. The van der Waals surface area contributed by atoms with Crippen molar-refractivity contribution in [3.63, 3.8) is 0 Å². The van der Waals surface area contributed by atoms with E-state index >= 15 is 0 Å². The van der Waals surface area contributed by atoms with E-state index in [0.717, 1.165) is 0 Å². The highest BCUT2D eigenvalue weighted by molar-refractivity contribution is 6.49. The fourth-order valence-electron chi connectivity index (χ4n) is 3.42. The average molecular weight is 446 g/mol. The lowest BCUT2D eigenvalue weighted by atomic mass is 9.96. The van der Waals surface area contributed by atoms with Crippen LogP contribution >= 0.6 is 0 Å². The van der Waals surface area contributed by atoms with Crippen molar-refractivity contribution in [3.05, 3.63) is 143 Å². The first-order valence-corrected chi connectivity index (χ1v) is 10.5. The van der Waals surface area contributed by atoms with Gasteiger partial charge in [0.1, 0.15) is 0 Å². The van der Waals surface area contributed by atoms with Gasteiger partial charge in [0.25, 0.3) is 0 Å². The number of hydrogen-bond donors (Lipinski definition) is 0. The predicted octanol–water partition coefficient (Wildman–Crippen LogP) is 5.05. The van der Waals surface area contributed by atoms with Crippen molar-refractivity contribution in [1.29, 1.82) is 0 Å². The Kier molecular flexibility index (Phi) is 6.46. The highest BCUT2D eigenvalue weighted by Gasteiger charge is 2.20. The maximum Gasteiger partial charge on any atom is 0.233 e. The third-order valence-corrected chi connectivity index (χ3v) is 5.30. The molecule has 34 heavy (non-hydrogen) atoms. The van der Waals surface area contributed by atoms with E-state index in [-0.39, 0.29) is 16.9 Å². The topological polar surface area (TPSA) is 85.3 Å². The summed E-state index contributed by atoms with van der Waals surface area (Å²) in [6.07, 6.45) is 0. The first kappa shape index (κ1) is 22.4. The number of benzene rings is 4. The Morgan fingerprint density at radius 1 is 0.294 bits per heavy atom. The molecule has 0 spiro atoms. The summed E-state index contributed by atoms with van der Waals surface area (Å²) in [5, 5.41) is 0. The van der Waals surface area contributed by atoms with Crippen molar-refractivity contribution in [2.24, 2.45) is 0 Å². The molecule has 0 saturated carbocycles. The van der Waals surface area contributed by atoms with Gasteiger partial charge in [0.05, 0.1) is 0 Å². The Balaban J connectivity index is 1.47. The van der Waals surface area contributed by atoms with Crippen LogP contribution in [0.2, 0.25) is 0 Å². The van der Waals surface area contributed by atoms with Crippen molar-refractivity contribution in [2.45, 2.75) is 0 Å². The molecule has 0 N–H and O–H groups in total. The van der Waals surface area contributed by atoms with E-state index in [1.54, 1.807) is 60.7 Å². The summed E-state index contributed by atoms with van der Waals surface area (Å²) in [5.41, 5.74) is 1.61. The van der Waals surface area contributed by atoms with E-state index in [1.807, 2.05) is 0 Å². The van der Waals surface area contributed by atoms with Crippen LogP contribution in [-0.4, -0.2) is 28.9 Å². The van der Waals surface area contributed by atoms with E-state index < -0.39 is 23.1 Å². The zero-order chi connectivity index (χ0) is 24.1. The van der Waals surface area contributed by atoms with Gasteiger partial charge in [0.15, 0.2) is 5.78 Å². The molecular formula is C29H18O5. The molecule has 4 aromatic rings. The highest BCUT2D eigenvalue weighted by atomic mass is 16.2. The number of carbonyl (C=O) groups is 5. The van der Waals surface area contributed by atoms with E-state index in [0.29, 0.717) is 22.3 Å². The van der Waals surface area contributed by atoms with Crippen molar-refractivity contribution in [2.75, 3.05) is 0 Å². The summed E-state index contributed by atoms with van der Waals surface area (Å²) >= 11 is 0. The second kappa shape index (κ2) is 9.79. The summed E-state index contributed by atoms with van der Waals surface area (Å²) in [6.45, 7) is 0. The smallest absolute Gasteiger partial charge is 0.233 e. The van der Waals surface area contributed by atoms with Gasteiger partial charge in [-0.3, -0.25) is 24.0 Å². The fourth-order valence-corrected chi connectivity index (χ4v) is 3.42. The molecule has 0 aliphatic carbocycles. The molecule has 4 rings (SSSR count). The van der Waals surface area contributed by atoms with Crippen molar-refractivity contribution in [1.82, 2.24) is 0 Å². The molecule has 0 radical (unpaired) electrons. The molecule has 5 nitrogen and oxygen atoms in total. The lowest BCUT2D eigenvalue weighted by molar-refractivity contribution is 0.0817. The van der Waals surface area contributed by atoms with Crippen LogP contribution in [0, 0.1) is 0 Å². The molecule has 0 aliphatic heterocycles. The number of carbonyl (C=O) groups excluding carboxylic acids is 5. The maximum absolute atomic E-state index is 12.8. The number of rotatable bonds is 8. The summed E-state index contributed by atoms with van der Waals surface area (Å²) in [6, 6.07) is 28.2. The molecule has 4 aromatic carbocycles. The minimum atomic E-state index is -0.656. The highest BCUT2D eigenvalue weighted by Crippen LogP contribution is 2.15. The lowest BCUT2D eigenvalue weighted by Gasteiger charge is -2.05. The Hall–Kier alpha value is -4.77. The standard InChI is InChI=1S/C29H18O5/c30-25(21-11-15-23(16-12-21)28(33)26(31)19-7-3-1-4-8-19)22-13-17-24(18-14-22)29(34)27(32)20-9-5-2-6-10-20/h1-18H. The second-order valence-electron chi connectivity index (χ2n) is 7.53. The molecule has 0 aromatic heterocycles. The third kappa shape index (κ3) is 4.69. The number of ketones is 5. The van der Waals surface area contributed by atoms with Crippen molar-refractivity contribution in [3.8, 4) is 0 Å². The molecule has 5 heteroatoms. The normalized spacial score (nSPS) is 10.4. The molecule has 0 fully saturated rings. The summed E-state index contributed by atoms with van der Waals surface area (Å²) in [5.74, 6) is -2.87. The van der Waals surface area contributed by atoms with Gasteiger partial charge in [-0.2, -0.15) is 0 Å². The summed E-state index contributed by atoms with van der Waals surface area (Å²) in [4.78, 5) is 62.4. The molecule has 0 aliphatic rings. The van der Waals surface area contributed by atoms with Gasteiger partial charge in [-0.05, 0) is 0 Å². The van der Waals surface area contributed by atoms with Crippen LogP contribution in [0.3, 0.4) is 0 Å². The third-order valence-electron chi connectivity index (χ3n) is 5.30. The van der Waals surface area contributed by atoms with E-state index in [2.05, 4.69) is 0 Å². The van der Waals surface area contributed by atoms with Gasteiger partial charge in [-0.15, -0.1) is 0 Å². The average Bonchev–Trinajstić information content (AvgIpc) is 2.92. The van der Waals surface area contributed by atoms with Gasteiger partial charge in [0, 0.05) is 33.4 Å². The molecule has 0 amide bonds. The van der Waals surface area contributed by atoms with Crippen LogP contribution in [0.25, 0.3) is 0 Å². The van der Waals surface area contributed by atoms with E-state index in [9.17, 15) is 24.0 Å². The van der Waals surface area contributed by atoms with Gasteiger partial charge in [0.2, 0.25) is 23.1 Å². The monoisotopic (exact) mass is 446 g/mol. The van der Waals surface area contributed by atoms with Gasteiger partial charge >= 0.3 is 0 Å². The Morgan fingerprint density at radius 2 is 0.529 bits per heavy atom. The van der Waals surface area contributed by atoms with Crippen LogP contribution in [0.15, 0.2) is 109 Å². The Bertz CT molecular complexity index is 1280. The minimum Gasteiger partial charge on any atom is -0.289 e. The van der Waals surface area contributed by atoms with Crippen LogP contribution in [0.1, 0.15) is 57.4 Å². The Labute approximate surface area is 195 Å². The van der Waals surface area contributed by atoms with Gasteiger partial charge < -0.3 is 0 Å². The summed E-state index contributed by atoms with van der Waals surface area (Å²) in [7, 11) is 0. The predicted molar refractivity (Wildman–Crippen MR) is 127 cm³/mol. The van der Waals surface area contributed by atoms with Crippen molar-refractivity contribution < 1.29 is 24.0 Å². The molecule has 164 valence electrons. The van der Waals surface area contributed by atoms with Gasteiger partial charge in [-0.1, -0.05) is 109 Å². The molecule has 0 unspecified atom stereocenters. The van der Waals surface area contributed by atoms with Gasteiger partial charge in [-0.25, -0.2) is 0 Å². The molecule has 0 atom stereocenters. The first-order chi connectivity index (χ1) is 16.5. The quantitative estimate of drug-likeness (QED) is 0.279. The van der Waals surface area contributed by atoms with E-state index in [4.69, 9.17) is 0 Å². The maximum atomic E-state index is 12.8. The fraction of sp³-hybridized carbons (Fsp3) is 0. The van der Waals surface area contributed by atoms with Crippen LogP contribution in [0.4, 0.5) is 0 Å². The largest absolute Gasteiger partial charge is 0.289 e. The van der Waals surface area contributed by atoms with E-state index in [1.165, 1.54) is 48.5 Å². The van der Waals surface area contributed by atoms with Crippen LogP contribution in [0.5, 0.6) is 0 Å². The molecule has 0 heterocycles. The summed E-state index contributed by atoms with van der Waals surface area (Å²) < 4.78 is 0. The van der Waals surface area contributed by atoms with Crippen LogP contribution < -0.4 is 0 Å². The van der Waals surface area contributed by atoms with Crippen LogP contribution in [-0.2, 0) is 0 Å². The Morgan fingerprint density at radius 3 is 0.824 bits per heavy atom. The number of hydrogen-bond acceptors (Lipinski definition) is 5. The number of Topliss-reactive ketones (excluding diaryl/α,β-unsaturated/α-hetero) is 4. The SMILES string of the molecule is O=C(C(=O)c1ccc(C(=O)c2ccc(C(=O)C(=O)c3ccccc3)cc2)cc1)c1ccccc1. The molecular weight excluding hydrogens is 428 g/mol. The lowest BCUT2D eigenvalue weighted by Crippen LogP contribution is -2.15. The zero-order valence-corrected chi connectivity index (χ0v) is 17.9. The molecule has 0 saturated heterocycles.